The SMILES string of the molecule is Cn1nnc(Cn2cc(C(C)(C)O)nn2)n1. The first-order chi connectivity index (χ1) is 7.45. The molecule has 86 valence electrons. The van der Waals surface area contributed by atoms with Crippen molar-refractivity contribution in [1.29, 1.82) is 0 Å². The van der Waals surface area contributed by atoms with Gasteiger partial charge in [-0.2, -0.15) is 4.80 Å². The molecular formula is C8H13N7O. The van der Waals surface area contributed by atoms with Gasteiger partial charge in [0.15, 0.2) is 5.82 Å². The zero-order valence-corrected chi connectivity index (χ0v) is 9.36. The predicted octanol–water partition coefficient (Wildman–Crippen LogP) is -0.923. The number of hydrogen-bond acceptors (Lipinski definition) is 6. The minimum absolute atomic E-state index is 0.386. The summed E-state index contributed by atoms with van der Waals surface area (Å²) >= 11 is 0. The first-order valence-electron chi connectivity index (χ1n) is 4.81. The summed E-state index contributed by atoms with van der Waals surface area (Å²) in [6.07, 6.45) is 1.66. The number of aliphatic hydroxyl groups is 1. The molecule has 0 bridgehead atoms. The van der Waals surface area contributed by atoms with Gasteiger partial charge in [0.05, 0.1) is 13.2 Å². The molecule has 2 aromatic rings. The van der Waals surface area contributed by atoms with Gasteiger partial charge in [0.2, 0.25) is 0 Å². The maximum Gasteiger partial charge on any atom is 0.196 e. The number of aromatic nitrogens is 7. The molecule has 8 nitrogen and oxygen atoms in total. The van der Waals surface area contributed by atoms with Crippen molar-refractivity contribution in [3.05, 3.63) is 17.7 Å². The Bertz CT molecular complexity index is 481. The average molecular weight is 223 g/mol. The molecule has 2 heterocycles. The topological polar surface area (TPSA) is 94.5 Å². The highest BCUT2D eigenvalue weighted by molar-refractivity contribution is 5.03. The minimum atomic E-state index is -0.992. The van der Waals surface area contributed by atoms with Crippen LogP contribution in [0.1, 0.15) is 25.4 Å². The first-order valence-corrected chi connectivity index (χ1v) is 4.81. The van der Waals surface area contributed by atoms with Crippen molar-refractivity contribution in [3.63, 3.8) is 0 Å². The number of hydrogen-bond donors (Lipinski definition) is 1. The van der Waals surface area contributed by atoms with Crippen molar-refractivity contribution in [2.24, 2.45) is 7.05 Å². The zero-order chi connectivity index (χ0) is 11.8. The molecule has 2 rings (SSSR count). The van der Waals surface area contributed by atoms with Crippen LogP contribution in [-0.4, -0.2) is 40.3 Å². The fourth-order valence-corrected chi connectivity index (χ4v) is 1.19. The van der Waals surface area contributed by atoms with Crippen LogP contribution in [0.25, 0.3) is 0 Å². The summed E-state index contributed by atoms with van der Waals surface area (Å²) in [4.78, 5) is 1.38. The molecule has 0 amide bonds. The van der Waals surface area contributed by atoms with E-state index in [-0.39, 0.29) is 0 Å². The highest BCUT2D eigenvalue weighted by atomic mass is 16.3. The Balaban J connectivity index is 2.14. The summed E-state index contributed by atoms with van der Waals surface area (Å²) in [5.41, 5.74) is -0.481. The van der Waals surface area contributed by atoms with Crippen LogP contribution in [0.5, 0.6) is 0 Å². The third kappa shape index (κ3) is 2.22. The van der Waals surface area contributed by atoms with Crippen LogP contribution >= 0.6 is 0 Å². The number of rotatable bonds is 3. The molecule has 2 aromatic heterocycles. The Morgan fingerprint density at radius 3 is 2.56 bits per heavy atom. The lowest BCUT2D eigenvalue weighted by atomic mass is 10.1. The maximum atomic E-state index is 9.71. The van der Waals surface area contributed by atoms with Crippen LogP contribution in [0, 0.1) is 0 Å². The molecule has 0 aliphatic heterocycles. The van der Waals surface area contributed by atoms with Crippen molar-refractivity contribution in [1.82, 2.24) is 35.2 Å². The smallest absolute Gasteiger partial charge is 0.196 e. The number of nitrogens with zero attached hydrogens (tertiary/aromatic N) is 7. The highest BCUT2D eigenvalue weighted by Crippen LogP contribution is 2.15. The lowest BCUT2D eigenvalue weighted by Crippen LogP contribution is -2.15. The van der Waals surface area contributed by atoms with Gasteiger partial charge < -0.3 is 5.11 Å². The lowest BCUT2D eigenvalue weighted by Gasteiger charge is -2.11. The fraction of sp³-hybridized carbons (Fsp3) is 0.625. The Morgan fingerprint density at radius 1 is 1.31 bits per heavy atom. The van der Waals surface area contributed by atoms with E-state index < -0.39 is 5.60 Å². The van der Waals surface area contributed by atoms with E-state index in [9.17, 15) is 5.11 Å². The van der Waals surface area contributed by atoms with Crippen LogP contribution in [0.3, 0.4) is 0 Å². The maximum absolute atomic E-state index is 9.71. The van der Waals surface area contributed by atoms with E-state index in [2.05, 4.69) is 25.7 Å². The van der Waals surface area contributed by atoms with E-state index >= 15 is 0 Å². The molecule has 0 radical (unpaired) electrons. The van der Waals surface area contributed by atoms with Gasteiger partial charge in [0.25, 0.3) is 0 Å². The minimum Gasteiger partial charge on any atom is -0.384 e. The van der Waals surface area contributed by atoms with Gasteiger partial charge in [0.1, 0.15) is 17.8 Å². The summed E-state index contributed by atoms with van der Waals surface area (Å²) in [7, 11) is 1.69. The van der Waals surface area contributed by atoms with Crippen LogP contribution in [0.15, 0.2) is 6.20 Å². The molecule has 0 fully saturated rings. The zero-order valence-electron chi connectivity index (χ0n) is 9.36. The van der Waals surface area contributed by atoms with Crippen LogP contribution in [0.4, 0.5) is 0 Å². The van der Waals surface area contributed by atoms with Gasteiger partial charge in [-0.05, 0) is 19.1 Å². The largest absolute Gasteiger partial charge is 0.384 e. The van der Waals surface area contributed by atoms with Gasteiger partial charge in [-0.1, -0.05) is 5.21 Å². The van der Waals surface area contributed by atoms with E-state index in [1.807, 2.05) is 0 Å². The van der Waals surface area contributed by atoms with E-state index in [1.54, 1.807) is 31.8 Å². The molecule has 0 aliphatic rings. The summed E-state index contributed by atoms with van der Waals surface area (Å²) < 4.78 is 1.56. The lowest BCUT2D eigenvalue weighted by molar-refractivity contribution is 0.0737. The van der Waals surface area contributed by atoms with Crippen LogP contribution in [-0.2, 0) is 19.2 Å². The summed E-state index contributed by atoms with van der Waals surface area (Å²) in [5.74, 6) is 0.551. The van der Waals surface area contributed by atoms with Crippen molar-refractivity contribution < 1.29 is 5.11 Å². The van der Waals surface area contributed by atoms with Crippen LogP contribution < -0.4 is 0 Å². The first kappa shape index (κ1) is 10.7. The Labute approximate surface area is 91.9 Å². The van der Waals surface area contributed by atoms with E-state index in [0.717, 1.165) is 0 Å². The molecule has 8 heteroatoms. The second kappa shape index (κ2) is 3.63. The molecular weight excluding hydrogens is 210 g/mol. The standard InChI is InChI=1S/C8H13N7O/c1-8(2,16)6-4-15(13-9-6)5-7-10-12-14(3)11-7/h4,16H,5H2,1-3H3. The molecule has 0 unspecified atom stereocenters. The number of tetrazole rings is 1. The van der Waals surface area contributed by atoms with Gasteiger partial charge in [-0.25, -0.2) is 4.68 Å². The molecule has 0 saturated carbocycles. The normalized spacial score (nSPS) is 12.0. The van der Waals surface area contributed by atoms with Gasteiger partial charge in [-0.3, -0.25) is 0 Å². The third-order valence-electron chi connectivity index (χ3n) is 2.02. The van der Waals surface area contributed by atoms with Gasteiger partial charge >= 0.3 is 0 Å². The Kier molecular flexibility index (Phi) is 2.43. The third-order valence-corrected chi connectivity index (χ3v) is 2.02. The summed E-state index contributed by atoms with van der Waals surface area (Å²) in [6.45, 7) is 3.70. The molecule has 0 atom stereocenters. The second-order valence-electron chi connectivity index (χ2n) is 4.06. The van der Waals surface area contributed by atoms with Gasteiger partial charge in [0, 0.05) is 0 Å². The van der Waals surface area contributed by atoms with E-state index in [1.165, 1.54) is 4.80 Å². The summed E-state index contributed by atoms with van der Waals surface area (Å²) in [6, 6.07) is 0. The average Bonchev–Trinajstić information content (AvgIpc) is 2.74. The molecule has 16 heavy (non-hydrogen) atoms. The molecule has 0 aromatic carbocycles. The molecule has 0 aliphatic carbocycles. The quantitative estimate of drug-likeness (QED) is 0.723. The van der Waals surface area contributed by atoms with Crippen molar-refractivity contribution in [2.45, 2.75) is 26.0 Å². The monoisotopic (exact) mass is 223 g/mol. The fourth-order valence-electron chi connectivity index (χ4n) is 1.19. The van der Waals surface area contributed by atoms with Crippen molar-refractivity contribution >= 4 is 0 Å². The van der Waals surface area contributed by atoms with Crippen LogP contribution in [0.2, 0.25) is 0 Å². The highest BCUT2D eigenvalue weighted by Gasteiger charge is 2.20. The molecule has 0 saturated heterocycles. The second-order valence-corrected chi connectivity index (χ2v) is 4.06. The molecule has 0 spiro atoms. The van der Waals surface area contributed by atoms with Gasteiger partial charge in [-0.15, -0.1) is 15.3 Å². The van der Waals surface area contributed by atoms with Crippen molar-refractivity contribution in [2.75, 3.05) is 0 Å². The predicted molar refractivity (Wildman–Crippen MR) is 53.2 cm³/mol. The Hall–Kier alpha value is -1.83. The van der Waals surface area contributed by atoms with E-state index in [0.29, 0.717) is 18.1 Å². The van der Waals surface area contributed by atoms with Crippen molar-refractivity contribution in [3.8, 4) is 0 Å². The van der Waals surface area contributed by atoms with E-state index in [4.69, 9.17) is 0 Å². The molecule has 1 N–H and O–H groups in total. The summed E-state index contributed by atoms with van der Waals surface area (Å²) in [5, 5.41) is 29.0. The Morgan fingerprint density at radius 2 is 2.06 bits per heavy atom. The number of aryl methyl sites for hydroxylation is 1.